The lowest BCUT2D eigenvalue weighted by Crippen LogP contribution is -2.78. The number of amides is 2. The Morgan fingerprint density at radius 1 is 1.09 bits per heavy atom. The van der Waals surface area contributed by atoms with Crippen LogP contribution in [-0.4, -0.2) is 56.6 Å². The largest absolute Gasteiger partial charge is 0.484 e. The fraction of sp³-hybridized carbons (Fsp3) is 0.375. The first-order valence-electron chi connectivity index (χ1n) is 10.5. The van der Waals surface area contributed by atoms with Crippen LogP contribution in [0, 0.1) is 0 Å². The van der Waals surface area contributed by atoms with E-state index >= 15 is 0 Å². The maximum atomic E-state index is 13.3. The van der Waals surface area contributed by atoms with Crippen LogP contribution in [0.25, 0.3) is 0 Å². The number of fused-ring (bicyclic) bond motifs is 1. The molecular formula is C24H26N2O5S2. The number of carbonyl (C=O) groups excluding carboxylic acids is 3. The van der Waals surface area contributed by atoms with Crippen molar-refractivity contribution in [3.63, 3.8) is 0 Å². The van der Waals surface area contributed by atoms with E-state index in [0.29, 0.717) is 5.75 Å². The van der Waals surface area contributed by atoms with Crippen LogP contribution in [0.5, 0.6) is 5.75 Å². The molecule has 2 aliphatic heterocycles. The third-order valence-corrected chi connectivity index (χ3v) is 8.64. The molecule has 0 aromatic heterocycles. The predicted molar refractivity (Wildman–Crippen MR) is 129 cm³/mol. The molecule has 0 spiro atoms. The summed E-state index contributed by atoms with van der Waals surface area (Å²) in [6, 6.07) is 17.7. The summed E-state index contributed by atoms with van der Waals surface area (Å²) in [6.45, 7) is 3.78. The molecule has 0 saturated carbocycles. The van der Waals surface area contributed by atoms with Crippen molar-refractivity contribution in [2.45, 2.75) is 41.5 Å². The molecule has 0 unspecified atom stereocenters. The summed E-state index contributed by atoms with van der Waals surface area (Å²) >= 11 is 2.76. The smallest absolute Gasteiger partial charge is 0.330 e. The highest BCUT2D eigenvalue weighted by Crippen LogP contribution is 2.57. The molecule has 2 aromatic rings. The second kappa shape index (κ2) is 9.30. The predicted octanol–water partition coefficient (Wildman–Crippen LogP) is 3.05. The van der Waals surface area contributed by atoms with Crippen molar-refractivity contribution in [3.8, 4) is 5.75 Å². The average Bonchev–Trinajstić information content (AvgIpc) is 3.09. The number of nitrogens with zero attached hydrogens (tertiary/aromatic N) is 1. The van der Waals surface area contributed by atoms with Gasteiger partial charge in [-0.3, -0.25) is 9.59 Å². The van der Waals surface area contributed by atoms with Gasteiger partial charge in [0.15, 0.2) is 11.5 Å². The van der Waals surface area contributed by atoms with Crippen LogP contribution in [0.15, 0.2) is 60.7 Å². The number of benzene rings is 2. The number of esters is 1. The summed E-state index contributed by atoms with van der Waals surface area (Å²) in [5, 5.41) is 2.48. The lowest BCUT2D eigenvalue weighted by atomic mass is 9.95. The van der Waals surface area contributed by atoms with Crippen LogP contribution in [-0.2, 0) is 25.7 Å². The van der Waals surface area contributed by atoms with E-state index in [1.807, 2.05) is 62.4 Å². The molecule has 0 aliphatic carbocycles. The molecule has 2 aliphatic rings. The monoisotopic (exact) mass is 486 g/mol. The zero-order valence-electron chi connectivity index (χ0n) is 18.6. The number of carbonyl (C=O) groups is 3. The van der Waals surface area contributed by atoms with E-state index in [1.54, 1.807) is 23.3 Å². The number of rotatable bonds is 8. The molecule has 1 N–H and O–H groups in total. The quantitative estimate of drug-likeness (QED) is 0.349. The Morgan fingerprint density at radius 3 is 2.36 bits per heavy atom. The van der Waals surface area contributed by atoms with E-state index in [0.717, 1.165) is 5.56 Å². The number of thioether (sulfide) groups is 2. The molecule has 2 aromatic carbocycles. The highest BCUT2D eigenvalue weighted by molar-refractivity contribution is 8.05. The molecule has 9 heteroatoms. The number of nitrogens with one attached hydrogen (secondary N) is 1. The van der Waals surface area contributed by atoms with Gasteiger partial charge in [0.1, 0.15) is 23.8 Å². The normalized spacial score (nSPS) is 25.1. The number of para-hydroxylation sites is 1. The van der Waals surface area contributed by atoms with E-state index in [9.17, 15) is 14.4 Å². The fourth-order valence-corrected chi connectivity index (χ4v) is 6.90. The van der Waals surface area contributed by atoms with E-state index in [-0.39, 0.29) is 24.5 Å². The minimum Gasteiger partial charge on any atom is -0.484 e. The van der Waals surface area contributed by atoms with E-state index in [4.69, 9.17) is 9.47 Å². The van der Waals surface area contributed by atoms with Crippen molar-refractivity contribution < 1.29 is 23.9 Å². The van der Waals surface area contributed by atoms with Gasteiger partial charge in [0.2, 0.25) is 0 Å². The number of hydrogen-bond acceptors (Lipinski definition) is 7. The first-order chi connectivity index (χ1) is 15.8. The fourth-order valence-electron chi connectivity index (χ4n) is 4.08. The summed E-state index contributed by atoms with van der Waals surface area (Å²) in [6.07, 6.45) is 1.78. The Bertz CT molecular complexity index is 1030. The molecule has 0 radical (unpaired) electrons. The first-order valence-corrected chi connectivity index (χ1v) is 12.6. The van der Waals surface area contributed by atoms with Crippen LogP contribution >= 0.6 is 23.5 Å². The maximum Gasteiger partial charge on any atom is 0.330 e. The van der Waals surface area contributed by atoms with Gasteiger partial charge in [-0.1, -0.05) is 48.5 Å². The topological polar surface area (TPSA) is 84.9 Å². The van der Waals surface area contributed by atoms with Crippen LogP contribution < -0.4 is 10.1 Å². The van der Waals surface area contributed by atoms with Crippen LogP contribution in [0.3, 0.4) is 0 Å². The van der Waals surface area contributed by atoms with Crippen molar-refractivity contribution >= 4 is 41.3 Å². The van der Waals surface area contributed by atoms with Crippen molar-refractivity contribution in [1.29, 1.82) is 0 Å². The van der Waals surface area contributed by atoms with Crippen molar-refractivity contribution in [2.75, 3.05) is 12.9 Å². The summed E-state index contributed by atoms with van der Waals surface area (Å²) in [5.41, 5.74) is 0.880. The zero-order chi connectivity index (χ0) is 23.6. The average molecular weight is 487 g/mol. The second-order valence-electron chi connectivity index (χ2n) is 8.37. The van der Waals surface area contributed by atoms with Gasteiger partial charge in [-0.25, -0.2) is 4.79 Å². The first kappa shape index (κ1) is 23.5. The molecule has 0 bridgehead atoms. The molecule has 2 amide bonds. The van der Waals surface area contributed by atoms with Gasteiger partial charge in [0, 0.05) is 4.75 Å². The summed E-state index contributed by atoms with van der Waals surface area (Å²) in [7, 11) is 0. The molecule has 3 atom stereocenters. The molecule has 2 saturated heterocycles. The molecule has 2 fully saturated rings. The molecule has 33 heavy (non-hydrogen) atoms. The molecular weight excluding hydrogens is 460 g/mol. The highest BCUT2D eigenvalue weighted by atomic mass is 32.2. The molecule has 2 heterocycles. The Morgan fingerprint density at radius 2 is 1.73 bits per heavy atom. The van der Waals surface area contributed by atoms with Crippen molar-refractivity contribution in [1.82, 2.24) is 10.2 Å². The van der Waals surface area contributed by atoms with Crippen LogP contribution in [0.2, 0.25) is 0 Å². The van der Waals surface area contributed by atoms with Gasteiger partial charge in [-0.05, 0) is 37.8 Å². The van der Waals surface area contributed by atoms with Crippen molar-refractivity contribution in [2.24, 2.45) is 0 Å². The Labute approximate surface area is 201 Å². The van der Waals surface area contributed by atoms with E-state index in [2.05, 4.69) is 5.32 Å². The third-order valence-electron chi connectivity index (χ3n) is 5.71. The molecule has 7 nitrogen and oxygen atoms in total. The highest BCUT2D eigenvalue weighted by Gasteiger charge is 2.72. The lowest BCUT2D eigenvalue weighted by Gasteiger charge is -2.52. The van der Waals surface area contributed by atoms with Gasteiger partial charge in [0.05, 0.1) is 0 Å². The van der Waals surface area contributed by atoms with Gasteiger partial charge >= 0.3 is 5.97 Å². The molecule has 4 rings (SSSR count). The third kappa shape index (κ3) is 4.44. The van der Waals surface area contributed by atoms with E-state index in [1.165, 1.54) is 23.5 Å². The standard InChI is InChI=1S/C24H26N2O5S2/c1-23(2)19(20(28)31-14-16-10-6-4-7-11-16)26-21(29)24(32-3,22(26)33-23)25-18(27)15-30-17-12-8-5-9-13-17/h4-13,19,22H,14-15H2,1-3H3,(H,25,27)/t19-,22+,24-/m0/s1. The summed E-state index contributed by atoms with van der Waals surface area (Å²) < 4.78 is 10.5. The van der Waals surface area contributed by atoms with Crippen LogP contribution in [0.4, 0.5) is 0 Å². The Kier molecular flexibility index (Phi) is 6.63. The Balaban J connectivity index is 1.43. The lowest BCUT2D eigenvalue weighted by molar-refractivity contribution is -0.167. The van der Waals surface area contributed by atoms with Gasteiger partial charge in [-0.2, -0.15) is 0 Å². The van der Waals surface area contributed by atoms with Gasteiger partial charge in [0.25, 0.3) is 11.8 Å². The minimum absolute atomic E-state index is 0.144. The summed E-state index contributed by atoms with van der Waals surface area (Å²) in [4.78, 5) is 39.4. The summed E-state index contributed by atoms with van der Waals surface area (Å²) in [5.74, 6) is -0.562. The van der Waals surface area contributed by atoms with Gasteiger partial charge in [-0.15, -0.1) is 23.5 Å². The van der Waals surface area contributed by atoms with Gasteiger partial charge < -0.3 is 19.7 Å². The minimum atomic E-state index is -1.15. The van der Waals surface area contributed by atoms with Crippen molar-refractivity contribution in [3.05, 3.63) is 66.2 Å². The van der Waals surface area contributed by atoms with Crippen LogP contribution in [0.1, 0.15) is 19.4 Å². The number of ether oxygens (including phenoxy) is 2. The molecule has 174 valence electrons. The zero-order valence-corrected chi connectivity index (χ0v) is 20.3. The van der Waals surface area contributed by atoms with E-state index < -0.39 is 27.5 Å². The maximum absolute atomic E-state index is 13.3. The second-order valence-corrected chi connectivity index (χ2v) is 11.2. The number of β-lactam (4-membered cyclic amide) rings is 1. The SMILES string of the molecule is CS[C@@]1(NC(=O)COc2ccccc2)C(=O)N2[C@@H](C(=O)OCc3ccccc3)C(C)(C)S[C@@H]21. The number of hydrogen-bond donors (Lipinski definition) is 1. The Hall–Kier alpha value is -2.65.